The number of anilines is 1. The molecule has 12 heteroatoms. The number of amides is 2. The quantitative estimate of drug-likeness (QED) is 0.154. The first-order valence-corrected chi connectivity index (χ1v) is 15.5. The van der Waals surface area contributed by atoms with Gasteiger partial charge in [-0.2, -0.15) is 13.3 Å². The maximum Gasteiger partial charge on any atom is 0.325 e. The summed E-state index contributed by atoms with van der Waals surface area (Å²) in [6, 6.07) is 3.17. The highest BCUT2D eigenvalue weighted by Crippen LogP contribution is 2.23. The zero-order chi connectivity index (χ0) is 27.3. The van der Waals surface area contributed by atoms with Gasteiger partial charge in [0.2, 0.25) is 0 Å². The maximum atomic E-state index is 13.1. The van der Waals surface area contributed by atoms with Crippen LogP contribution in [0.3, 0.4) is 0 Å². The second-order valence-corrected chi connectivity index (χ2v) is 11.6. The molecule has 1 aromatic rings. The number of pyridine rings is 1. The first kappa shape index (κ1) is 32.4. The average molecular weight is 560 g/mol. The van der Waals surface area contributed by atoms with E-state index < -0.39 is 10.0 Å². The van der Waals surface area contributed by atoms with E-state index in [4.69, 9.17) is 19.0 Å². The van der Waals surface area contributed by atoms with Gasteiger partial charge in [-0.15, -0.1) is 0 Å². The fourth-order valence-corrected chi connectivity index (χ4v) is 5.65. The summed E-state index contributed by atoms with van der Waals surface area (Å²) < 4.78 is 42.2. The number of rotatable bonds is 21. The van der Waals surface area contributed by atoms with Crippen LogP contribution in [-0.4, -0.2) is 85.0 Å². The topological polar surface area (TPSA) is 130 Å². The number of ether oxygens (including phenoxy) is 3. The molecular weight excluding hydrogens is 512 g/mol. The van der Waals surface area contributed by atoms with Crippen LogP contribution in [0, 0.1) is 5.92 Å². The second-order valence-electron chi connectivity index (χ2n) is 9.50. The number of hydrogen-bond acceptors (Lipinski definition) is 8. The zero-order valence-corrected chi connectivity index (χ0v) is 23.6. The summed E-state index contributed by atoms with van der Waals surface area (Å²) in [4.78, 5) is 21.7. The van der Waals surface area contributed by atoms with Gasteiger partial charge in [0.25, 0.3) is 0 Å². The van der Waals surface area contributed by atoms with Crippen LogP contribution < -0.4 is 15.1 Å². The number of sulfonamides is 1. The third kappa shape index (κ3) is 14.9. The smallest absolute Gasteiger partial charge is 0.325 e. The highest BCUT2D eigenvalue weighted by molar-refractivity contribution is 7.84. The van der Waals surface area contributed by atoms with Crippen LogP contribution in [0.25, 0.3) is 0 Å². The van der Waals surface area contributed by atoms with Gasteiger partial charge in [0.15, 0.2) is 0 Å². The first-order valence-electron chi connectivity index (χ1n) is 13.8. The number of urea groups is 1. The van der Waals surface area contributed by atoms with Crippen molar-refractivity contribution in [2.75, 3.05) is 70.9 Å². The Morgan fingerprint density at radius 3 is 2.39 bits per heavy atom. The van der Waals surface area contributed by atoms with Crippen molar-refractivity contribution >= 4 is 21.7 Å². The van der Waals surface area contributed by atoms with Gasteiger partial charge in [-0.1, -0.05) is 36.6 Å². The molecule has 2 amide bonds. The minimum atomic E-state index is -3.49. The molecule has 1 unspecified atom stereocenters. The van der Waals surface area contributed by atoms with Crippen LogP contribution >= 0.6 is 0 Å². The average Bonchev–Trinajstić information content (AvgIpc) is 2.92. The molecule has 0 radical (unpaired) electrons. The summed E-state index contributed by atoms with van der Waals surface area (Å²) in [6.45, 7) is 3.38. The van der Waals surface area contributed by atoms with Crippen LogP contribution in [0.4, 0.5) is 10.5 Å². The standard InChI is InChI=1S/C26H46N4O7S/c1-34-18-19-36-21-20-35-17-16-30(37-23-24-9-5-4-6-10-24)38(32,33)22-8-3-2-7-13-28-26(31)29-25-11-14-27-15-12-25/h11-12,14-15,24H,2-10,13,16-23H2,1H3,(H2,27,28,29,31)/p+1. The van der Waals surface area contributed by atoms with Gasteiger partial charge in [-0.3, -0.25) is 4.98 Å². The van der Waals surface area contributed by atoms with E-state index in [1.54, 1.807) is 31.6 Å². The number of nitrogens with zero attached hydrogens (tertiary/aromatic N) is 1. The van der Waals surface area contributed by atoms with E-state index in [2.05, 4.69) is 15.6 Å². The number of hydrogen-bond donors (Lipinski definition) is 3. The normalized spacial score (nSPS) is 15.3. The molecule has 0 bridgehead atoms. The predicted octanol–water partition coefficient (Wildman–Crippen LogP) is 2.17. The number of nitrogens with one attached hydrogen (secondary N) is 3. The van der Waals surface area contributed by atoms with Crippen molar-refractivity contribution in [1.29, 1.82) is 0 Å². The Morgan fingerprint density at radius 2 is 1.66 bits per heavy atom. The molecule has 2 rings (SSSR count). The molecule has 1 aliphatic carbocycles. The van der Waals surface area contributed by atoms with E-state index in [0.717, 1.165) is 32.1 Å². The van der Waals surface area contributed by atoms with Gasteiger partial charge in [-0.05, 0) is 43.7 Å². The van der Waals surface area contributed by atoms with E-state index in [1.807, 2.05) is 0 Å². The van der Waals surface area contributed by atoms with Gasteiger partial charge in [-0.25, -0.2) is 4.79 Å². The number of unbranched alkanes of at least 4 members (excludes halogenated alkanes) is 3. The minimum absolute atomic E-state index is 0.0586. The Hall–Kier alpha value is -1.83. The predicted molar refractivity (Wildman–Crippen MR) is 145 cm³/mol. The Balaban J connectivity index is 1.65. The van der Waals surface area contributed by atoms with Crippen molar-refractivity contribution in [3.8, 4) is 0 Å². The Kier molecular flexibility index (Phi) is 17.2. The van der Waals surface area contributed by atoms with Crippen LogP contribution in [0.15, 0.2) is 24.5 Å². The Labute approximate surface area is 227 Å². The number of aromatic nitrogens is 1. The SMILES string of the molecule is COCCOCCOCC[NH+](OCC1CCCCC1)S(=O)(=O)CCCCCCNC(=O)Nc1ccncc1. The lowest BCUT2D eigenvalue weighted by Crippen LogP contribution is -3.14. The molecule has 1 aromatic heterocycles. The fraction of sp³-hybridized carbons (Fsp3) is 0.769. The number of quaternary nitrogens is 1. The van der Waals surface area contributed by atoms with Gasteiger partial charge in [0.05, 0.1) is 33.0 Å². The van der Waals surface area contributed by atoms with Gasteiger partial charge >= 0.3 is 16.1 Å². The van der Waals surface area contributed by atoms with Gasteiger partial charge in [0, 0.05) is 31.7 Å². The molecule has 38 heavy (non-hydrogen) atoms. The van der Waals surface area contributed by atoms with Gasteiger partial charge < -0.3 is 24.8 Å². The number of methoxy groups -OCH3 is 1. The van der Waals surface area contributed by atoms with Gasteiger partial charge in [0.1, 0.15) is 18.9 Å². The maximum absolute atomic E-state index is 13.1. The van der Waals surface area contributed by atoms with Crippen molar-refractivity contribution in [2.45, 2.75) is 57.8 Å². The minimum Gasteiger partial charge on any atom is -0.382 e. The van der Waals surface area contributed by atoms with E-state index in [1.165, 1.54) is 19.3 Å². The summed E-state index contributed by atoms with van der Waals surface area (Å²) in [5, 5.41) is 5.55. The van der Waals surface area contributed by atoms with Crippen molar-refractivity contribution in [3.05, 3.63) is 24.5 Å². The monoisotopic (exact) mass is 559 g/mol. The molecule has 1 heterocycles. The van der Waals surface area contributed by atoms with Crippen LogP contribution in [-0.2, 0) is 29.1 Å². The largest absolute Gasteiger partial charge is 0.382 e. The molecule has 3 N–H and O–H groups in total. The number of hydroxylamine groups is 1. The van der Waals surface area contributed by atoms with E-state index in [0.29, 0.717) is 57.6 Å². The molecular formula is C26H47N4O7S+. The molecule has 0 aliphatic heterocycles. The molecule has 1 aliphatic rings. The molecule has 218 valence electrons. The van der Waals surface area contributed by atoms with Crippen molar-refractivity contribution < 1.29 is 36.7 Å². The number of carbonyl (C=O) groups excluding carboxylic acids is 1. The second kappa shape index (κ2) is 20.1. The van der Waals surface area contributed by atoms with Crippen molar-refractivity contribution in [3.63, 3.8) is 0 Å². The molecule has 1 saturated carbocycles. The van der Waals surface area contributed by atoms with Crippen molar-refractivity contribution in [1.82, 2.24) is 10.3 Å². The van der Waals surface area contributed by atoms with Crippen molar-refractivity contribution in [2.24, 2.45) is 5.92 Å². The Morgan fingerprint density at radius 1 is 0.974 bits per heavy atom. The molecule has 1 atom stereocenters. The summed E-state index contributed by atoms with van der Waals surface area (Å²) >= 11 is 0. The lowest BCUT2D eigenvalue weighted by molar-refractivity contribution is -0.987. The van der Waals surface area contributed by atoms with Crippen LogP contribution in [0.1, 0.15) is 57.8 Å². The molecule has 1 fully saturated rings. The number of carbonyl (C=O) groups is 1. The van der Waals surface area contributed by atoms with Crippen LogP contribution in [0.5, 0.6) is 0 Å². The lowest BCUT2D eigenvalue weighted by Gasteiger charge is -2.23. The lowest BCUT2D eigenvalue weighted by atomic mass is 9.90. The fourth-order valence-electron chi connectivity index (χ4n) is 4.20. The van der Waals surface area contributed by atoms with Crippen LogP contribution in [0.2, 0.25) is 0 Å². The Bertz CT molecular complexity index is 839. The molecule has 0 spiro atoms. The zero-order valence-electron chi connectivity index (χ0n) is 22.8. The summed E-state index contributed by atoms with van der Waals surface area (Å²) in [5.74, 6) is 0.482. The molecule has 0 aromatic carbocycles. The first-order chi connectivity index (χ1) is 18.5. The third-order valence-corrected chi connectivity index (χ3v) is 8.21. The summed E-state index contributed by atoms with van der Waals surface area (Å²) in [7, 11) is -1.87. The van der Waals surface area contributed by atoms with E-state index >= 15 is 0 Å². The van der Waals surface area contributed by atoms with E-state index in [9.17, 15) is 13.2 Å². The third-order valence-electron chi connectivity index (χ3n) is 6.37. The summed E-state index contributed by atoms with van der Waals surface area (Å²) in [6.07, 6.45) is 11.9. The molecule has 0 saturated heterocycles. The highest BCUT2D eigenvalue weighted by atomic mass is 32.2. The highest BCUT2D eigenvalue weighted by Gasteiger charge is 2.29. The molecule has 11 nitrogen and oxygen atoms in total. The summed E-state index contributed by atoms with van der Waals surface area (Å²) in [5.41, 5.74) is 0.682. The van der Waals surface area contributed by atoms with E-state index in [-0.39, 0.29) is 29.4 Å².